The van der Waals surface area contributed by atoms with Crippen molar-refractivity contribution in [2.24, 2.45) is 33.7 Å². The van der Waals surface area contributed by atoms with Crippen molar-refractivity contribution < 1.29 is 21.4 Å². The molecule has 26 heavy (non-hydrogen) atoms. The first-order chi connectivity index (χ1) is 12.0. The number of hydrogen-bond donors (Lipinski definition) is 2. The van der Waals surface area contributed by atoms with E-state index in [0.29, 0.717) is 12.3 Å². The maximum absolute atomic E-state index is 12.4. The summed E-state index contributed by atoms with van der Waals surface area (Å²) in [6.45, 7) is 3.94. The Balaban J connectivity index is 1.67. The largest absolute Gasteiger partial charge is 0.286 e. The Labute approximate surface area is 153 Å². The number of hydrazone groups is 1. The van der Waals surface area contributed by atoms with Crippen LogP contribution >= 0.6 is 0 Å². The maximum atomic E-state index is 12.4. The summed E-state index contributed by atoms with van der Waals surface area (Å²) < 4.78 is 57.5. The number of benzene rings is 1. The predicted molar refractivity (Wildman–Crippen MR) is 96.5 cm³/mol. The summed E-state index contributed by atoms with van der Waals surface area (Å²) in [5.74, 6) is 0.308. The zero-order valence-electron chi connectivity index (χ0n) is 14.6. The van der Waals surface area contributed by atoms with Crippen LogP contribution in [0.25, 0.3) is 0 Å². The van der Waals surface area contributed by atoms with E-state index in [0.717, 1.165) is 12.1 Å². The Kier molecular flexibility index (Phi) is 3.65. The number of fused-ring (bicyclic) bond motifs is 1. The molecule has 2 N–H and O–H groups in total. The lowest BCUT2D eigenvalue weighted by Crippen LogP contribution is -2.38. The summed E-state index contributed by atoms with van der Waals surface area (Å²) in [4.78, 5) is 2.45. The molecule has 5 unspecified atom stereocenters. The Morgan fingerprint density at radius 1 is 1.23 bits per heavy atom. The first-order valence-corrected chi connectivity index (χ1v) is 11.7. The fourth-order valence-electron chi connectivity index (χ4n) is 5.93. The van der Waals surface area contributed by atoms with E-state index in [1.807, 2.05) is 6.92 Å². The smallest absolute Gasteiger partial charge is 0.276 e. The van der Waals surface area contributed by atoms with Crippen molar-refractivity contribution >= 4 is 25.9 Å². The molecule has 5 atom stereocenters. The van der Waals surface area contributed by atoms with E-state index >= 15 is 0 Å². The third kappa shape index (κ3) is 2.30. The van der Waals surface area contributed by atoms with Crippen LogP contribution in [0, 0.1) is 28.6 Å². The molecule has 3 aliphatic carbocycles. The second-order valence-electron chi connectivity index (χ2n) is 8.01. The van der Waals surface area contributed by atoms with Gasteiger partial charge in [0.15, 0.2) is 0 Å². The van der Waals surface area contributed by atoms with Crippen molar-refractivity contribution in [3.63, 3.8) is 0 Å². The fourth-order valence-corrected chi connectivity index (χ4v) is 8.01. The molecule has 0 saturated heterocycles. The van der Waals surface area contributed by atoms with Crippen LogP contribution in [-0.4, -0.2) is 32.9 Å². The van der Waals surface area contributed by atoms with Crippen molar-refractivity contribution in [1.29, 1.82) is 0 Å². The molecule has 0 aromatic heterocycles. The molecule has 0 heterocycles. The van der Waals surface area contributed by atoms with E-state index < -0.39 is 31.0 Å². The number of nitrogens with one attached hydrogen (secondary N) is 1. The fraction of sp³-hybridized carbons (Fsp3) is 0.588. The van der Waals surface area contributed by atoms with Crippen LogP contribution in [0.3, 0.4) is 0 Å². The minimum Gasteiger partial charge on any atom is -0.286 e. The lowest BCUT2D eigenvalue weighted by Gasteiger charge is -2.32. The Morgan fingerprint density at radius 2 is 1.88 bits per heavy atom. The Bertz CT molecular complexity index is 989. The average Bonchev–Trinajstić information content (AvgIpc) is 3.01. The Morgan fingerprint density at radius 3 is 2.50 bits per heavy atom. The molecule has 2 bridgehead atoms. The van der Waals surface area contributed by atoms with Gasteiger partial charge in [0.1, 0.15) is 0 Å². The molecule has 1 spiro atoms. The summed E-state index contributed by atoms with van der Waals surface area (Å²) in [7, 11) is -7.90. The second kappa shape index (κ2) is 5.30. The summed E-state index contributed by atoms with van der Waals surface area (Å²) in [5, 5.41) is 4.25. The molecule has 4 rings (SSSR count). The Hall–Kier alpha value is -1.45. The lowest BCUT2D eigenvalue weighted by atomic mass is 9.74. The average molecular weight is 399 g/mol. The molecule has 0 aliphatic heterocycles. The highest BCUT2D eigenvalue weighted by Gasteiger charge is 2.83. The molecule has 3 saturated carbocycles. The molecule has 3 aliphatic rings. The van der Waals surface area contributed by atoms with Crippen molar-refractivity contribution in [1.82, 2.24) is 4.83 Å². The van der Waals surface area contributed by atoms with Gasteiger partial charge in [-0.25, -0.2) is 4.83 Å². The number of sulfonamides is 1. The van der Waals surface area contributed by atoms with Gasteiger partial charge in [0.05, 0.1) is 10.6 Å². The zero-order chi connectivity index (χ0) is 19.0. The van der Waals surface area contributed by atoms with Gasteiger partial charge in [0.25, 0.3) is 20.1 Å². The van der Waals surface area contributed by atoms with E-state index in [1.54, 1.807) is 18.2 Å². The van der Waals surface area contributed by atoms with Gasteiger partial charge in [-0.1, -0.05) is 32.0 Å². The highest BCUT2D eigenvalue weighted by molar-refractivity contribution is 7.89. The SMILES string of the molecule is CC1C2CC3C/C(=N/NS(=O)(=O)c4ccccc4)C12C3(C)CS(=O)(=O)O. The number of hydrogen-bond acceptors (Lipinski definition) is 5. The van der Waals surface area contributed by atoms with E-state index in [-0.39, 0.29) is 22.5 Å². The normalized spacial score (nSPS) is 39.8. The lowest BCUT2D eigenvalue weighted by molar-refractivity contribution is 0.205. The topological polar surface area (TPSA) is 113 Å². The third-order valence-corrected chi connectivity index (χ3v) is 9.12. The quantitative estimate of drug-likeness (QED) is 0.581. The first kappa shape index (κ1) is 17.9. The van der Waals surface area contributed by atoms with Crippen molar-refractivity contribution in [2.75, 3.05) is 5.75 Å². The molecule has 0 amide bonds. The summed E-state index contributed by atoms with van der Waals surface area (Å²) >= 11 is 0. The molecule has 142 valence electrons. The molecule has 7 nitrogen and oxygen atoms in total. The maximum Gasteiger partial charge on any atom is 0.276 e. The number of nitrogens with zero attached hydrogens (tertiary/aromatic N) is 1. The van der Waals surface area contributed by atoms with Gasteiger partial charge in [0, 0.05) is 11.1 Å². The van der Waals surface area contributed by atoms with Gasteiger partial charge in [-0.15, -0.1) is 0 Å². The third-order valence-electron chi connectivity index (χ3n) is 6.94. The van der Waals surface area contributed by atoms with Gasteiger partial charge in [0.2, 0.25) is 0 Å². The van der Waals surface area contributed by atoms with E-state index in [9.17, 15) is 21.4 Å². The van der Waals surface area contributed by atoms with E-state index in [2.05, 4.69) is 16.9 Å². The minimum atomic E-state index is -4.13. The highest BCUT2D eigenvalue weighted by atomic mass is 32.2. The molecule has 0 radical (unpaired) electrons. The molecular weight excluding hydrogens is 376 g/mol. The van der Waals surface area contributed by atoms with Crippen LogP contribution in [0.4, 0.5) is 0 Å². The number of rotatable bonds is 5. The van der Waals surface area contributed by atoms with E-state index in [4.69, 9.17) is 0 Å². The highest BCUT2D eigenvalue weighted by Crippen LogP contribution is 2.83. The van der Waals surface area contributed by atoms with Crippen molar-refractivity contribution in [3.8, 4) is 0 Å². The van der Waals surface area contributed by atoms with E-state index in [1.165, 1.54) is 12.1 Å². The summed E-state index contributed by atoms with van der Waals surface area (Å²) in [6, 6.07) is 8.00. The summed E-state index contributed by atoms with van der Waals surface area (Å²) in [5.41, 5.74) is -0.328. The first-order valence-electron chi connectivity index (χ1n) is 8.61. The van der Waals surface area contributed by atoms with Crippen LogP contribution < -0.4 is 4.83 Å². The standard InChI is InChI=1S/C17H22N2O5S2/c1-11-14-8-12-9-15(17(11,14)16(12,2)10-25(20,21)22)18-19-26(23,24)13-6-4-3-5-7-13/h3-7,11-12,14,19H,8-10H2,1-2H3,(H,20,21,22)/b18-15-. The molecule has 3 fully saturated rings. The van der Waals surface area contributed by atoms with Gasteiger partial charge in [-0.05, 0) is 48.1 Å². The van der Waals surface area contributed by atoms with Gasteiger partial charge >= 0.3 is 0 Å². The molecule has 9 heteroatoms. The molecule has 1 aromatic rings. The van der Waals surface area contributed by atoms with Gasteiger partial charge in [-0.3, -0.25) is 4.55 Å². The zero-order valence-corrected chi connectivity index (χ0v) is 16.2. The van der Waals surface area contributed by atoms with Gasteiger partial charge in [-0.2, -0.15) is 21.9 Å². The minimum absolute atomic E-state index is 0.0885. The van der Waals surface area contributed by atoms with Crippen LogP contribution in [0.1, 0.15) is 26.7 Å². The van der Waals surface area contributed by atoms with Crippen molar-refractivity contribution in [3.05, 3.63) is 30.3 Å². The van der Waals surface area contributed by atoms with Crippen LogP contribution in [0.5, 0.6) is 0 Å². The van der Waals surface area contributed by atoms with Crippen LogP contribution in [0.2, 0.25) is 0 Å². The van der Waals surface area contributed by atoms with Crippen molar-refractivity contribution in [2.45, 2.75) is 31.6 Å². The monoisotopic (exact) mass is 398 g/mol. The van der Waals surface area contributed by atoms with Crippen LogP contribution in [-0.2, 0) is 20.1 Å². The van der Waals surface area contributed by atoms with Gasteiger partial charge < -0.3 is 0 Å². The molecule has 1 aromatic carbocycles. The summed E-state index contributed by atoms with van der Waals surface area (Å²) in [6.07, 6.45) is 1.46. The predicted octanol–water partition coefficient (Wildman–Crippen LogP) is 1.89. The molecular formula is C17H22N2O5S2. The van der Waals surface area contributed by atoms with Crippen LogP contribution in [0.15, 0.2) is 40.3 Å². The second-order valence-corrected chi connectivity index (χ2v) is 11.1.